The highest BCUT2D eigenvalue weighted by atomic mass is 15.1. The third-order valence-corrected chi connectivity index (χ3v) is 4.39. The molecule has 0 aliphatic carbocycles. The zero-order valence-corrected chi connectivity index (χ0v) is 12.6. The van der Waals surface area contributed by atoms with Crippen LogP contribution in [0.2, 0.25) is 0 Å². The smallest absolute Gasteiger partial charge is 0.138 e. The second kappa shape index (κ2) is 5.89. The SMILES string of the molecule is c1cc(C[C@@H]2CCCNC2)nc(-n2cnc3ccccc32)c1. The quantitative estimate of drug-likeness (QED) is 0.807. The van der Waals surface area contributed by atoms with E-state index in [0.29, 0.717) is 5.92 Å². The van der Waals surface area contributed by atoms with Crippen LogP contribution >= 0.6 is 0 Å². The van der Waals surface area contributed by atoms with E-state index in [-0.39, 0.29) is 0 Å². The monoisotopic (exact) mass is 292 g/mol. The number of hydrogen-bond acceptors (Lipinski definition) is 3. The second-order valence-corrected chi connectivity index (χ2v) is 6.01. The maximum absolute atomic E-state index is 4.85. The van der Waals surface area contributed by atoms with Crippen molar-refractivity contribution in [3.63, 3.8) is 0 Å². The topological polar surface area (TPSA) is 42.7 Å². The molecule has 0 unspecified atom stereocenters. The Morgan fingerprint density at radius 1 is 1.14 bits per heavy atom. The average molecular weight is 292 g/mol. The van der Waals surface area contributed by atoms with E-state index in [4.69, 9.17) is 4.98 Å². The number of benzene rings is 1. The van der Waals surface area contributed by atoms with Gasteiger partial charge in [-0.2, -0.15) is 0 Å². The molecule has 112 valence electrons. The normalized spacial score (nSPS) is 18.6. The minimum absolute atomic E-state index is 0.705. The van der Waals surface area contributed by atoms with E-state index in [2.05, 4.69) is 39.1 Å². The first-order valence-electron chi connectivity index (χ1n) is 7.99. The van der Waals surface area contributed by atoms with Crippen molar-refractivity contribution >= 4 is 11.0 Å². The number of hydrogen-bond donors (Lipinski definition) is 1. The fourth-order valence-electron chi connectivity index (χ4n) is 3.25. The fraction of sp³-hybridized carbons (Fsp3) is 0.333. The van der Waals surface area contributed by atoms with Crippen molar-refractivity contribution in [2.24, 2.45) is 5.92 Å². The van der Waals surface area contributed by atoms with Gasteiger partial charge < -0.3 is 5.32 Å². The number of nitrogens with one attached hydrogen (secondary N) is 1. The van der Waals surface area contributed by atoms with Crippen molar-refractivity contribution < 1.29 is 0 Å². The summed E-state index contributed by atoms with van der Waals surface area (Å²) in [7, 11) is 0. The first kappa shape index (κ1) is 13.5. The maximum atomic E-state index is 4.85. The Labute approximate surface area is 130 Å². The standard InChI is InChI=1S/C18H20N4/c1-2-8-17-16(7-1)20-13-22(17)18-9-3-6-15(21-18)11-14-5-4-10-19-12-14/h1-3,6-9,13-14,19H,4-5,10-12H2/t14-/m0/s1. The summed E-state index contributed by atoms with van der Waals surface area (Å²) in [5.74, 6) is 1.66. The van der Waals surface area contributed by atoms with Crippen LogP contribution in [-0.2, 0) is 6.42 Å². The van der Waals surface area contributed by atoms with Crippen LogP contribution in [-0.4, -0.2) is 27.6 Å². The molecule has 3 heterocycles. The van der Waals surface area contributed by atoms with Crippen LogP contribution in [0.3, 0.4) is 0 Å². The number of para-hydroxylation sites is 2. The molecule has 4 nitrogen and oxygen atoms in total. The van der Waals surface area contributed by atoms with Crippen LogP contribution in [0.1, 0.15) is 18.5 Å². The number of imidazole rings is 1. The molecule has 3 aromatic rings. The lowest BCUT2D eigenvalue weighted by molar-refractivity contribution is 0.373. The van der Waals surface area contributed by atoms with Gasteiger partial charge in [0.25, 0.3) is 0 Å². The molecule has 1 aliphatic rings. The van der Waals surface area contributed by atoms with E-state index >= 15 is 0 Å². The summed E-state index contributed by atoms with van der Waals surface area (Å²) in [4.78, 5) is 9.31. The third kappa shape index (κ3) is 2.62. The van der Waals surface area contributed by atoms with Crippen molar-refractivity contribution in [3.05, 3.63) is 54.5 Å². The lowest BCUT2D eigenvalue weighted by atomic mass is 9.94. The number of piperidine rings is 1. The predicted molar refractivity (Wildman–Crippen MR) is 88.2 cm³/mol. The molecule has 0 spiro atoms. The Bertz CT molecular complexity index is 771. The van der Waals surface area contributed by atoms with Gasteiger partial charge in [0.05, 0.1) is 11.0 Å². The minimum Gasteiger partial charge on any atom is -0.316 e. The van der Waals surface area contributed by atoms with Crippen molar-refractivity contribution in [2.75, 3.05) is 13.1 Å². The Balaban J connectivity index is 1.63. The van der Waals surface area contributed by atoms with Gasteiger partial charge in [0, 0.05) is 5.69 Å². The molecule has 1 fully saturated rings. The highest BCUT2D eigenvalue weighted by Gasteiger charge is 2.14. The number of nitrogens with zero attached hydrogens (tertiary/aromatic N) is 3. The van der Waals surface area contributed by atoms with Crippen molar-refractivity contribution in [1.82, 2.24) is 19.9 Å². The Kier molecular flexibility index (Phi) is 3.60. The highest BCUT2D eigenvalue weighted by molar-refractivity contribution is 5.76. The Morgan fingerprint density at radius 3 is 3.00 bits per heavy atom. The summed E-state index contributed by atoms with van der Waals surface area (Å²) in [6.45, 7) is 2.27. The van der Waals surface area contributed by atoms with E-state index in [1.165, 1.54) is 18.5 Å². The van der Waals surface area contributed by atoms with Gasteiger partial charge in [0.2, 0.25) is 0 Å². The molecule has 1 saturated heterocycles. The first-order chi connectivity index (χ1) is 10.9. The fourth-order valence-corrected chi connectivity index (χ4v) is 3.25. The molecule has 0 radical (unpaired) electrons. The van der Waals surface area contributed by atoms with E-state index in [0.717, 1.165) is 36.4 Å². The highest BCUT2D eigenvalue weighted by Crippen LogP contribution is 2.19. The Morgan fingerprint density at radius 2 is 2.09 bits per heavy atom. The van der Waals surface area contributed by atoms with E-state index in [1.54, 1.807) is 0 Å². The summed E-state index contributed by atoms with van der Waals surface area (Å²) in [6, 6.07) is 14.5. The number of fused-ring (bicyclic) bond motifs is 1. The lowest BCUT2D eigenvalue weighted by Gasteiger charge is -2.22. The predicted octanol–water partition coefficient (Wildman–Crippen LogP) is 2.96. The zero-order valence-electron chi connectivity index (χ0n) is 12.6. The maximum Gasteiger partial charge on any atom is 0.138 e. The molecule has 1 aliphatic heterocycles. The summed E-state index contributed by atoms with van der Waals surface area (Å²) in [5.41, 5.74) is 3.28. The molecule has 0 bridgehead atoms. The second-order valence-electron chi connectivity index (χ2n) is 6.01. The molecule has 0 amide bonds. The molecular formula is C18H20N4. The summed E-state index contributed by atoms with van der Waals surface area (Å²) in [6.07, 6.45) is 5.48. The molecule has 22 heavy (non-hydrogen) atoms. The molecular weight excluding hydrogens is 272 g/mol. The van der Waals surface area contributed by atoms with Gasteiger partial charge in [-0.1, -0.05) is 18.2 Å². The van der Waals surface area contributed by atoms with Crippen LogP contribution in [0.25, 0.3) is 16.9 Å². The van der Waals surface area contributed by atoms with Gasteiger partial charge in [-0.25, -0.2) is 9.97 Å². The number of pyridine rings is 1. The molecule has 1 N–H and O–H groups in total. The largest absolute Gasteiger partial charge is 0.316 e. The zero-order chi connectivity index (χ0) is 14.8. The van der Waals surface area contributed by atoms with E-state index in [1.807, 2.05) is 24.5 Å². The van der Waals surface area contributed by atoms with Gasteiger partial charge in [-0.3, -0.25) is 4.57 Å². The molecule has 2 aromatic heterocycles. The van der Waals surface area contributed by atoms with Crippen LogP contribution in [0.4, 0.5) is 0 Å². The first-order valence-corrected chi connectivity index (χ1v) is 7.99. The van der Waals surface area contributed by atoms with Crippen molar-refractivity contribution in [2.45, 2.75) is 19.3 Å². The van der Waals surface area contributed by atoms with E-state index < -0.39 is 0 Å². The van der Waals surface area contributed by atoms with Crippen LogP contribution < -0.4 is 5.32 Å². The minimum atomic E-state index is 0.705. The summed E-state index contributed by atoms with van der Waals surface area (Å²) in [5, 5.41) is 3.48. The molecule has 4 rings (SSSR count). The summed E-state index contributed by atoms with van der Waals surface area (Å²) < 4.78 is 2.07. The number of aromatic nitrogens is 3. The van der Waals surface area contributed by atoms with Gasteiger partial charge in [0.15, 0.2) is 0 Å². The molecule has 1 aromatic carbocycles. The molecule has 4 heteroatoms. The third-order valence-electron chi connectivity index (χ3n) is 4.39. The van der Waals surface area contributed by atoms with Crippen LogP contribution in [0, 0.1) is 5.92 Å². The van der Waals surface area contributed by atoms with E-state index in [9.17, 15) is 0 Å². The average Bonchev–Trinajstić information content (AvgIpc) is 3.00. The van der Waals surface area contributed by atoms with Gasteiger partial charge in [-0.15, -0.1) is 0 Å². The van der Waals surface area contributed by atoms with Crippen molar-refractivity contribution in [3.8, 4) is 5.82 Å². The summed E-state index contributed by atoms with van der Waals surface area (Å²) >= 11 is 0. The Hall–Kier alpha value is -2.20. The van der Waals surface area contributed by atoms with Crippen LogP contribution in [0.5, 0.6) is 0 Å². The lowest BCUT2D eigenvalue weighted by Crippen LogP contribution is -2.31. The van der Waals surface area contributed by atoms with Gasteiger partial charge in [-0.05, 0) is 62.5 Å². The van der Waals surface area contributed by atoms with Gasteiger partial charge in [0.1, 0.15) is 12.1 Å². The van der Waals surface area contributed by atoms with Crippen molar-refractivity contribution in [1.29, 1.82) is 0 Å². The van der Waals surface area contributed by atoms with Crippen LogP contribution in [0.15, 0.2) is 48.8 Å². The van der Waals surface area contributed by atoms with Gasteiger partial charge >= 0.3 is 0 Å². The molecule has 0 saturated carbocycles. The molecule has 1 atom stereocenters. The number of rotatable bonds is 3.